The Morgan fingerprint density at radius 3 is 2.65 bits per heavy atom. The van der Waals surface area contributed by atoms with Crippen LogP contribution in [0.2, 0.25) is 0 Å². The lowest BCUT2D eigenvalue weighted by Crippen LogP contribution is -2.14. The second-order valence-corrected chi connectivity index (χ2v) is 6.63. The van der Waals surface area contributed by atoms with Gasteiger partial charge in [0.15, 0.2) is 4.34 Å². The number of rotatable bonds is 7. The lowest BCUT2D eigenvalue weighted by Gasteiger charge is -2.05. The van der Waals surface area contributed by atoms with Gasteiger partial charge in [0.2, 0.25) is 5.91 Å². The van der Waals surface area contributed by atoms with Gasteiger partial charge in [-0.15, -0.1) is 0 Å². The Kier molecular flexibility index (Phi) is 6.61. The van der Waals surface area contributed by atoms with Crippen molar-refractivity contribution in [1.82, 2.24) is 4.98 Å². The van der Waals surface area contributed by atoms with Crippen LogP contribution in [0.1, 0.15) is 19.8 Å². The summed E-state index contributed by atoms with van der Waals surface area (Å²) in [6.07, 6.45) is 2.12. The fourth-order valence-electron chi connectivity index (χ4n) is 1.90. The molecule has 0 atom stereocenters. The number of carbonyl (C=O) groups excluding carboxylic acids is 2. The predicted octanol–water partition coefficient (Wildman–Crippen LogP) is 3.81. The zero-order chi connectivity index (χ0) is 16.7. The van der Waals surface area contributed by atoms with Crippen molar-refractivity contribution in [3.05, 3.63) is 30.3 Å². The summed E-state index contributed by atoms with van der Waals surface area (Å²) >= 11 is 2.96. The van der Waals surface area contributed by atoms with E-state index in [0.717, 1.165) is 15.6 Å². The fourth-order valence-corrected chi connectivity index (χ4v) is 3.40. The smallest absolute Gasteiger partial charge is 0.306 e. The third kappa shape index (κ3) is 5.07. The van der Waals surface area contributed by atoms with Crippen molar-refractivity contribution in [1.29, 1.82) is 0 Å². The molecule has 2 aromatic rings. The summed E-state index contributed by atoms with van der Waals surface area (Å²) in [5.41, 5.74) is 1.70. The number of ether oxygens (including phenoxy) is 1. The van der Waals surface area contributed by atoms with Crippen LogP contribution in [-0.4, -0.2) is 29.7 Å². The van der Waals surface area contributed by atoms with Crippen LogP contribution in [0.4, 0.5) is 5.00 Å². The fraction of sp³-hybridized carbons (Fsp3) is 0.312. The van der Waals surface area contributed by atoms with E-state index < -0.39 is 0 Å². The molecule has 5 nitrogen and oxygen atoms in total. The molecule has 0 fully saturated rings. The Bertz CT molecular complexity index is 671. The van der Waals surface area contributed by atoms with E-state index in [4.69, 9.17) is 4.74 Å². The highest BCUT2D eigenvalue weighted by Gasteiger charge is 2.16. The van der Waals surface area contributed by atoms with Crippen molar-refractivity contribution >= 4 is 40.0 Å². The Hall–Kier alpha value is -1.86. The highest BCUT2D eigenvalue weighted by molar-refractivity contribution is 8.00. The summed E-state index contributed by atoms with van der Waals surface area (Å²) in [5, 5.41) is 3.56. The highest BCUT2D eigenvalue weighted by atomic mass is 32.2. The molecule has 23 heavy (non-hydrogen) atoms. The Labute approximate surface area is 143 Å². The average Bonchev–Trinajstić information content (AvgIpc) is 2.97. The average molecular weight is 350 g/mol. The molecule has 122 valence electrons. The van der Waals surface area contributed by atoms with Gasteiger partial charge in [0.05, 0.1) is 13.0 Å². The van der Waals surface area contributed by atoms with Gasteiger partial charge in [0, 0.05) is 12.0 Å². The van der Waals surface area contributed by atoms with Gasteiger partial charge in [-0.1, -0.05) is 53.4 Å². The number of thioether (sulfide) groups is 1. The second-order valence-electron chi connectivity index (χ2n) is 4.58. The normalized spacial score (nSPS) is 10.3. The molecule has 0 radical (unpaired) electrons. The minimum absolute atomic E-state index is 0.0779. The molecule has 1 N–H and O–H groups in total. The van der Waals surface area contributed by atoms with Crippen molar-refractivity contribution in [2.45, 2.75) is 24.1 Å². The number of thiazole rings is 1. The van der Waals surface area contributed by atoms with E-state index in [0.29, 0.717) is 11.6 Å². The molecule has 1 aromatic heterocycles. The molecule has 1 amide bonds. The summed E-state index contributed by atoms with van der Waals surface area (Å²) in [7, 11) is 0. The van der Waals surface area contributed by atoms with Gasteiger partial charge >= 0.3 is 5.97 Å². The number of anilines is 1. The van der Waals surface area contributed by atoms with Gasteiger partial charge in [-0.2, -0.15) is 0 Å². The summed E-state index contributed by atoms with van der Waals surface area (Å²) in [4.78, 5) is 27.9. The number of hydrogen-bond donors (Lipinski definition) is 1. The van der Waals surface area contributed by atoms with Crippen LogP contribution in [0.3, 0.4) is 0 Å². The monoisotopic (exact) mass is 350 g/mol. The van der Waals surface area contributed by atoms with Crippen LogP contribution in [0.15, 0.2) is 34.7 Å². The van der Waals surface area contributed by atoms with Crippen LogP contribution in [-0.2, 0) is 14.3 Å². The molecule has 0 aliphatic rings. The lowest BCUT2D eigenvalue weighted by atomic mass is 10.1. The van der Waals surface area contributed by atoms with E-state index in [1.807, 2.05) is 36.6 Å². The third-order valence-corrected chi connectivity index (χ3v) is 4.90. The largest absolute Gasteiger partial charge is 0.466 e. The molecular formula is C16H18N2O3S2. The van der Waals surface area contributed by atoms with Gasteiger partial charge in [0.1, 0.15) is 10.7 Å². The minimum Gasteiger partial charge on any atom is -0.466 e. The maximum Gasteiger partial charge on any atom is 0.306 e. The van der Waals surface area contributed by atoms with Crippen LogP contribution >= 0.6 is 23.1 Å². The molecule has 0 unspecified atom stereocenters. The Morgan fingerprint density at radius 1 is 1.26 bits per heavy atom. The van der Waals surface area contributed by atoms with Gasteiger partial charge < -0.3 is 10.1 Å². The van der Waals surface area contributed by atoms with Gasteiger partial charge in [-0.3, -0.25) is 9.59 Å². The topological polar surface area (TPSA) is 68.3 Å². The molecule has 7 heteroatoms. The van der Waals surface area contributed by atoms with E-state index in [9.17, 15) is 9.59 Å². The Morgan fingerprint density at radius 2 is 2.00 bits per heavy atom. The lowest BCUT2D eigenvalue weighted by molar-refractivity contribution is -0.144. The van der Waals surface area contributed by atoms with E-state index in [1.165, 1.54) is 23.1 Å². The summed E-state index contributed by atoms with van der Waals surface area (Å²) < 4.78 is 5.70. The standard InChI is InChI=1S/C16H18N2O3S2/c1-3-21-13(20)10-9-12(19)17-15-14(18-16(22-2)23-15)11-7-5-4-6-8-11/h4-8H,3,9-10H2,1-2H3,(H,17,19). The Balaban J connectivity index is 2.08. The van der Waals surface area contributed by atoms with E-state index in [-0.39, 0.29) is 24.7 Å². The molecule has 0 spiro atoms. The maximum absolute atomic E-state index is 12.1. The molecule has 1 aromatic carbocycles. The van der Waals surface area contributed by atoms with Crippen LogP contribution in [0.25, 0.3) is 11.3 Å². The van der Waals surface area contributed by atoms with E-state index in [1.54, 1.807) is 6.92 Å². The number of esters is 1. The predicted molar refractivity (Wildman–Crippen MR) is 93.8 cm³/mol. The van der Waals surface area contributed by atoms with Crippen LogP contribution in [0, 0.1) is 0 Å². The van der Waals surface area contributed by atoms with Crippen molar-refractivity contribution < 1.29 is 14.3 Å². The summed E-state index contributed by atoms with van der Waals surface area (Å²) in [5.74, 6) is -0.577. The van der Waals surface area contributed by atoms with Gasteiger partial charge in [-0.25, -0.2) is 4.98 Å². The number of benzene rings is 1. The van der Waals surface area contributed by atoms with E-state index in [2.05, 4.69) is 10.3 Å². The first-order valence-corrected chi connectivity index (χ1v) is 9.24. The van der Waals surface area contributed by atoms with Crippen molar-refractivity contribution in [3.8, 4) is 11.3 Å². The molecule has 1 heterocycles. The number of aromatic nitrogens is 1. The molecule has 0 bridgehead atoms. The maximum atomic E-state index is 12.1. The number of amides is 1. The summed E-state index contributed by atoms with van der Waals surface area (Å²) in [6.45, 7) is 2.07. The van der Waals surface area contributed by atoms with Crippen LogP contribution in [0.5, 0.6) is 0 Å². The molecule has 0 aliphatic heterocycles. The first kappa shape index (κ1) is 17.5. The zero-order valence-corrected chi connectivity index (χ0v) is 14.6. The number of nitrogens with zero attached hydrogens (tertiary/aromatic N) is 1. The molecule has 0 saturated heterocycles. The molecule has 0 saturated carbocycles. The van der Waals surface area contributed by atoms with Crippen molar-refractivity contribution in [2.75, 3.05) is 18.2 Å². The highest BCUT2D eigenvalue weighted by Crippen LogP contribution is 2.36. The number of carbonyl (C=O) groups is 2. The quantitative estimate of drug-likeness (QED) is 0.607. The van der Waals surface area contributed by atoms with Crippen LogP contribution < -0.4 is 5.32 Å². The molecule has 0 aliphatic carbocycles. The van der Waals surface area contributed by atoms with Crippen molar-refractivity contribution in [2.24, 2.45) is 0 Å². The first-order valence-electron chi connectivity index (χ1n) is 7.19. The van der Waals surface area contributed by atoms with E-state index >= 15 is 0 Å². The number of hydrogen-bond acceptors (Lipinski definition) is 6. The van der Waals surface area contributed by atoms with Gasteiger partial charge in [-0.05, 0) is 13.2 Å². The summed E-state index contributed by atoms with van der Waals surface area (Å²) in [6, 6.07) is 9.70. The number of nitrogens with one attached hydrogen (secondary N) is 1. The minimum atomic E-state index is -0.361. The zero-order valence-electron chi connectivity index (χ0n) is 13.0. The van der Waals surface area contributed by atoms with Crippen molar-refractivity contribution in [3.63, 3.8) is 0 Å². The first-order chi connectivity index (χ1) is 11.1. The second kappa shape index (κ2) is 8.69. The van der Waals surface area contributed by atoms with Gasteiger partial charge in [0.25, 0.3) is 0 Å². The SMILES string of the molecule is CCOC(=O)CCC(=O)Nc1sc(SC)nc1-c1ccccc1. The molecular weight excluding hydrogens is 332 g/mol. The molecule has 2 rings (SSSR count). The third-order valence-electron chi connectivity index (χ3n) is 2.94.